The van der Waals surface area contributed by atoms with Crippen LogP contribution in [0.2, 0.25) is 0 Å². The number of nitrogens with zero attached hydrogens (tertiary/aromatic N) is 2. The van der Waals surface area contributed by atoms with E-state index in [1.165, 1.54) is 4.90 Å². The zero-order chi connectivity index (χ0) is 12.3. The first kappa shape index (κ1) is 12.9. The van der Waals surface area contributed by atoms with E-state index in [-0.39, 0.29) is 24.8 Å². The number of hydrogen-bond acceptors (Lipinski definition) is 3. The molecule has 0 aromatic carbocycles. The minimum absolute atomic E-state index is 0.00118. The summed E-state index contributed by atoms with van der Waals surface area (Å²) in [7, 11) is 0. The van der Waals surface area contributed by atoms with E-state index < -0.39 is 18.3 Å². The first-order chi connectivity index (χ1) is 7.51. The Morgan fingerprint density at radius 2 is 2.38 bits per heavy atom. The van der Waals surface area contributed by atoms with Crippen LogP contribution in [0, 0.1) is 17.2 Å². The molecule has 0 unspecified atom stereocenters. The van der Waals surface area contributed by atoms with Crippen molar-refractivity contribution in [3.05, 3.63) is 0 Å². The molecule has 1 fully saturated rings. The summed E-state index contributed by atoms with van der Waals surface area (Å²) in [6.07, 6.45) is -0.204. The number of nitrogens with two attached hydrogens (primary N) is 1. The molecule has 5 heteroatoms. The summed E-state index contributed by atoms with van der Waals surface area (Å²) in [6.45, 7) is 3.83. The highest BCUT2D eigenvalue weighted by Crippen LogP contribution is 2.22. The number of nitriles is 1. The zero-order valence-corrected chi connectivity index (χ0v) is 9.69. The molecule has 1 heterocycles. The lowest BCUT2D eigenvalue weighted by atomic mass is 9.99. The van der Waals surface area contributed by atoms with Crippen LogP contribution in [0.1, 0.15) is 26.7 Å². The molecule has 0 saturated carbocycles. The highest BCUT2D eigenvalue weighted by molar-refractivity contribution is 5.83. The van der Waals surface area contributed by atoms with Gasteiger partial charge in [0, 0.05) is 6.42 Å². The number of carbonyl (C=O) groups excluding carboxylic acids is 1. The summed E-state index contributed by atoms with van der Waals surface area (Å²) in [5.74, 6) is -0.258. The molecule has 0 bridgehead atoms. The van der Waals surface area contributed by atoms with Crippen LogP contribution < -0.4 is 5.73 Å². The number of amides is 1. The highest BCUT2D eigenvalue weighted by Gasteiger charge is 2.38. The van der Waals surface area contributed by atoms with Crippen molar-refractivity contribution < 1.29 is 9.18 Å². The Morgan fingerprint density at radius 1 is 1.75 bits per heavy atom. The van der Waals surface area contributed by atoms with E-state index in [0.29, 0.717) is 0 Å². The van der Waals surface area contributed by atoms with E-state index in [9.17, 15) is 9.18 Å². The number of rotatable bonds is 3. The number of likely N-dealkylation sites (tertiary alicyclic amines) is 1. The normalized spacial score (nSPS) is 28.6. The van der Waals surface area contributed by atoms with E-state index in [2.05, 4.69) is 0 Å². The lowest BCUT2D eigenvalue weighted by Gasteiger charge is -2.25. The Balaban J connectivity index is 2.70. The zero-order valence-electron chi connectivity index (χ0n) is 9.69. The summed E-state index contributed by atoms with van der Waals surface area (Å²) in [6, 6.07) is 0.658. The average Bonchev–Trinajstić information content (AvgIpc) is 2.67. The van der Waals surface area contributed by atoms with Crippen molar-refractivity contribution in [3.63, 3.8) is 0 Å². The molecular weight excluding hydrogens is 209 g/mol. The molecule has 2 N–H and O–H groups in total. The number of halogens is 1. The van der Waals surface area contributed by atoms with Crippen molar-refractivity contribution in [2.45, 2.75) is 44.9 Å². The van der Waals surface area contributed by atoms with Crippen LogP contribution in [-0.2, 0) is 4.79 Å². The van der Waals surface area contributed by atoms with Crippen LogP contribution >= 0.6 is 0 Å². The van der Waals surface area contributed by atoms with Gasteiger partial charge in [0.25, 0.3) is 0 Å². The Morgan fingerprint density at radius 3 is 2.88 bits per heavy atom. The molecule has 1 amide bonds. The molecule has 4 atom stereocenters. The predicted molar refractivity (Wildman–Crippen MR) is 58.1 cm³/mol. The fourth-order valence-corrected chi connectivity index (χ4v) is 1.84. The minimum atomic E-state index is -1.10. The monoisotopic (exact) mass is 227 g/mol. The van der Waals surface area contributed by atoms with Crippen molar-refractivity contribution in [3.8, 4) is 6.07 Å². The third-order valence-electron chi connectivity index (χ3n) is 3.22. The van der Waals surface area contributed by atoms with E-state index >= 15 is 0 Å². The molecule has 1 saturated heterocycles. The van der Waals surface area contributed by atoms with Crippen molar-refractivity contribution in [1.29, 1.82) is 5.26 Å². The molecule has 0 aliphatic carbocycles. The van der Waals surface area contributed by atoms with Gasteiger partial charge in [-0.15, -0.1) is 0 Å². The van der Waals surface area contributed by atoms with Gasteiger partial charge in [0.15, 0.2) is 0 Å². The Kier molecular flexibility index (Phi) is 4.25. The molecule has 0 aromatic rings. The van der Waals surface area contributed by atoms with Crippen LogP contribution in [0.15, 0.2) is 0 Å². The van der Waals surface area contributed by atoms with Crippen molar-refractivity contribution in [1.82, 2.24) is 4.90 Å². The highest BCUT2D eigenvalue weighted by atomic mass is 19.1. The number of carbonyl (C=O) groups is 1. The first-order valence-electron chi connectivity index (χ1n) is 5.61. The molecule has 90 valence electrons. The lowest BCUT2D eigenvalue weighted by Crippen LogP contribution is -2.48. The van der Waals surface area contributed by atoms with Gasteiger partial charge >= 0.3 is 0 Å². The van der Waals surface area contributed by atoms with Gasteiger partial charge in [-0.05, 0) is 5.92 Å². The van der Waals surface area contributed by atoms with Gasteiger partial charge in [0.2, 0.25) is 5.91 Å². The Bertz CT molecular complexity index is 302. The smallest absolute Gasteiger partial charge is 0.240 e. The van der Waals surface area contributed by atoms with E-state index in [1.54, 1.807) is 0 Å². The molecule has 0 aromatic heterocycles. The topological polar surface area (TPSA) is 70.1 Å². The maximum atomic E-state index is 13.1. The average molecular weight is 227 g/mol. The largest absolute Gasteiger partial charge is 0.322 e. The van der Waals surface area contributed by atoms with E-state index in [1.807, 2.05) is 19.9 Å². The van der Waals surface area contributed by atoms with E-state index in [4.69, 9.17) is 11.0 Å². The van der Waals surface area contributed by atoms with Crippen LogP contribution in [-0.4, -0.2) is 35.6 Å². The summed E-state index contributed by atoms with van der Waals surface area (Å²) in [5, 5.41) is 8.83. The third kappa shape index (κ3) is 2.50. The van der Waals surface area contributed by atoms with Crippen LogP contribution in [0.25, 0.3) is 0 Å². The molecule has 16 heavy (non-hydrogen) atoms. The fourth-order valence-electron chi connectivity index (χ4n) is 1.84. The summed E-state index contributed by atoms with van der Waals surface area (Å²) >= 11 is 0. The van der Waals surface area contributed by atoms with Gasteiger partial charge in [-0.25, -0.2) is 4.39 Å². The first-order valence-corrected chi connectivity index (χ1v) is 5.61. The fraction of sp³-hybridized carbons (Fsp3) is 0.818. The number of hydrogen-bond donors (Lipinski definition) is 1. The second-order valence-electron chi connectivity index (χ2n) is 4.38. The molecule has 1 aliphatic rings. The van der Waals surface area contributed by atoms with Crippen molar-refractivity contribution in [2.24, 2.45) is 11.7 Å². The summed E-state index contributed by atoms with van der Waals surface area (Å²) in [5.41, 5.74) is 5.79. The van der Waals surface area contributed by atoms with Crippen molar-refractivity contribution in [2.75, 3.05) is 6.54 Å². The molecule has 0 radical (unpaired) electrons. The molecular formula is C11H18FN3O. The molecule has 0 spiro atoms. The van der Waals surface area contributed by atoms with Crippen LogP contribution in [0.3, 0.4) is 0 Å². The minimum Gasteiger partial charge on any atom is -0.322 e. The second kappa shape index (κ2) is 5.26. The quantitative estimate of drug-likeness (QED) is 0.776. The number of alkyl halides is 1. The van der Waals surface area contributed by atoms with Crippen LogP contribution in [0.4, 0.5) is 4.39 Å². The van der Waals surface area contributed by atoms with Crippen molar-refractivity contribution >= 4 is 5.91 Å². The Hall–Kier alpha value is -1.15. The molecule has 1 rings (SSSR count). The maximum absolute atomic E-state index is 13.1. The van der Waals surface area contributed by atoms with E-state index in [0.717, 1.165) is 6.42 Å². The van der Waals surface area contributed by atoms with Gasteiger partial charge in [-0.3, -0.25) is 4.79 Å². The van der Waals surface area contributed by atoms with Gasteiger partial charge in [-0.1, -0.05) is 20.3 Å². The summed E-state index contributed by atoms with van der Waals surface area (Å²) in [4.78, 5) is 13.2. The molecule has 1 aliphatic heterocycles. The summed E-state index contributed by atoms with van der Waals surface area (Å²) < 4.78 is 13.1. The SMILES string of the molecule is CC[C@H](C)[C@H](N)C(=O)N1C[C@@H](F)C[C@H]1C#N. The van der Waals surface area contributed by atoms with Gasteiger partial charge in [0.05, 0.1) is 18.7 Å². The third-order valence-corrected chi connectivity index (χ3v) is 3.22. The maximum Gasteiger partial charge on any atom is 0.240 e. The van der Waals surface area contributed by atoms with Crippen LogP contribution in [0.5, 0.6) is 0 Å². The van der Waals surface area contributed by atoms with Gasteiger partial charge < -0.3 is 10.6 Å². The second-order valence-corrected chi connectivity index (χ2v) is 4.38. The lowest BCUT2D eigenvalue weighted by molar-refractivity contribution is -0.133. The standard InChI is InChI=1S/C11H18FN3O/c1-3-7(2)10(14)11(16)15-6-8(12)4-9(15)5-13/h7-10H,3-4,6,14H2,1-2H3/t7-,8-,9-,10-/m0/s1. The Labute approximate surface area is 95.2 Å². The predicted octanol–water partition coefficient (Wildman–Crippen LogP) is 0.822. The molecule has 4 nitrogen and oxygen atoms in total. The van der Waals surface area contributed by atoms with Gasteiger partial charge in [-0.2, -0.15) is 5.26 Å². The van der Waals surface area contributed by atoms with Gasteiger partial charge in [0.1, 0.15) is 12.2 Å².